The average Bonchev–Trinajstić information content (AvgIpc) is 2.63. The Hall–Kier alpha value is -1.91. The fourth-order valence-electron chi connectivity index (χ4n) is 2.29. The van der Waals surface area contributed by atoms with E-state index in [2.05, 4.69) is 17.2 Å². The van der Waals surface area contributed by atoms with E-state index in [1.54, 1.807) is 6.20 Å². The average molecular weight is 275 g/mol. The lowest BCUT2D eigenvalue weighted by atomic mass is 10.00. The Bertz CT molecular complexity index is 496. The first-order valence-electron chi connectivity index (χ1n) is 7.08. The third kappa shape index (κ3) is 2.81. The molecular formula is C15H21N3O2. The number of pyridine rings is 1. The van der Waals surface area contributed by atoms with Gasteiger partial charge in [-0.2, -0.15) is 0 Å². The molecular weight excluding hydrogens is 254 g/mol. The van der Waals surface area contributed by atoms with E-state index in [1.807, 2.05) is 26.0 Å². The zero-order chi connectivity index (χ0) is 14.7. The second-order valence-electron chi connectivity index (χ2n) is 5.32. The topological polar surface area (TPSA) is 62.3 Å². The smallest absolute Gasteiger partial charge is 0.233 e. The summed E-state index contributed by atoms with van der Waals surface area (Å²) in [7, 11) is 0. The lowest BCUT2D eigenvalue weighted by Crippen LogP contribution is -2.30. The number of amides is 2. The van der Waals surface area contributed by atoms with Crippen LogP contribution < -0.4 is 5.32 Å². The van der Waals surface area contributed by atoms with Crippen molar-refractivity contribution in [3.8, 4) is 0 Å². The number of anilines is 1. The highest BCUT2D eigenvalue weighted by molar-refractivity contribution is 6.04. The second-order valence-corrected chi connectivity index (χ2v) is 5.32. The summed E-state index contributed by atoms with van der Waals surface area (Å²) in [6, 6.07) is 3.73. The summed E-state index contributed by atoms with van der Waals surface area (Å²) in [6.07, 6.45) is 2.72. The maximum absolute atomic E-state index is 12.1. The molecule has 0 radical (unpaired) electrons. The minimum atomic E-state index is -0.220. The van der Waals surface area contributed by atoms with Gasteiger partial charge in [-0.1, -0.05) is 20.8 Å². The van der Waals surface area contributed by atoms with Gasteiger partial charge in [-0.05, 0) is 24.1 Å². The van der Waals surface area contributed by atoms with Crippen molar-refractivity contribution in [3.05, 3.63) is 23.9 Å². The van der Waals surface area contributed by atoms with Crippen LogP contribution in [-0.4, -0.2) is 28.2 Å². The van der Waals surface area contributed by atoms with Crippen molar-refractivity contribution in [2.75, 3.05) is 11.9 Å². The van der Waals surface area contributed by atoms with Crippen molar-refractivity contribution in [1.29, 1.82) is 0 Å². The Kier molecular flexibility index (Phi) is 4.37. The molecule has 1 aromatic heterocycles. The van der Waals surface area contributed by atoms with Gasteiger partial charge >= 0.3 is 0 Å². The Balaban J connectivity index is 2.10. The van der Waals surface area contributed by atoms with E-state index >= 15 is 0 Å². The van der Waals surface area contributed by atoms with E-state index in [4.69, 9.17) is 0 Å². The lowest BCUT2D eigenvalue weighted by molar-refractivity contribution is -0.140. The molecule has 0 bridgehead atoms. The molecule has 2 heterocycles. The van der Waals surface area contributed by atoms with Crippen molar-refractivity contribution in [3.63, 3.8) is 0 Å². The Morgan fingerprint density at radius 1 is 1.25 bits per heavy atom. The molecule has 1 aromatic rings. The third-order valence-corrected chi connectivity index (χ3v) is 3.78. The van der Waals surface area contributed by atoms with Gasteiger partial charge in [-0.3, -0.25) is 14.5 Å². The summed E-state index contributed by atoms with van der Waals surface area (Å²) >= 11 is 0. The summed E-state index contributed by atoms with van der Waals surface area (Å²) in [5.41, 5.74) is 0.918. The molecule has 2 rings (SSSR count). The van der Waals surface area contributed by atoms with Crippen LogP contribution in [0.2, 0.25) is 0 Å². The highest BCUT2D eigenvalue weighted by atomic mass is 16.2. The third-order valence-electron chi connectivity index (χ3n) is 3.78. The zero-order valence-electron chi connectivity index (χ0n) is 12.2. The van der Waals surface area contributed by atoms with Crippen LogP contribution in [0.1, 0.15) is 32.8 Å². The van der Waals surface area contributed by atoms with Gasteiger partial charge in [0.1, 0.15) is 5.82 Å². The molecule has 1 aliphatic heterocycles. The minimum absolute atomic E-state index is 0.0811. The number of aromatic nitrogens is 1. The molecule has 1 fully saturated rings. The maximum atomic E-state index is 12.1. The molecule has 0 saturated carbocycles. The zero-order valence-corrected chi connectivity index (χ0v) is 12.2. The normalized spacial score (nSPS) is 22.4. The summed E-state index contributed by atoms with van der Waals surface area (Å²) in [4.78, 5) is 29.7. The summed E-state index contributed by atoms with van der Waals surface area (Å²) in [6.45, 7) is 6.89. The number of nitrogens with zero attached hydrogens (tertiary/aromatic N) is 2. The van der Waals surface area contributed by atoms with E-state index in [0.29, 0.717) is 6.54 Å². The number of hydrogen-bond acceptors (Lipinski definition) is 4. The predicted molar refractivity (Wildman–Crippen MR) is 76.9 cm³/mol. The number of hydrogen-bond donors (Lipinski definition) is 1. The number of nitrogens with one attached hydrogen (secondary N) is 1. The van der Waals surface area contributed by atoms with Crippen LogP contribution >= 0.6 is 0 Å². The van der Waals surface area contributed by atoms with Crippen LogP contribution in [0.5, 0.6) is 0 Å². The largest absolute Gasteiger partial charge is 0.370 e. The number of carbonyl (C=O) groups is 2. The Labute approximate surface area is 119 Å². The molecule has 1 saturated heterocycles. The van der Waals surface area contributed by atoms with Gasteiger partial charge in [-0.15, -0.1) is 0 Å². The van der Waals surface area contributed by atoms with Gasteiger partial charge in [0.2, 0.25) is 11.8 Å². The summed E-state index contributed by atoms with van der Waals surface area (Å²) in [5.74, 6) is 0.179. The summed E-state index contributed by atoms with van der Waals surface area (Å²) in [5, 5.41) is 3.20. The first kappa shape index (κ1) is 14.5. The van der Waals surface area contributed by atoms with Gasteiger partial charge in [0.15, 0.2) is 0 Å². The van der Waals surface area contributed by atoms with Crippen molar-refractivity contribution in [2.24, 2.45) is 11.8 Å². The first-order chi connectivity index (χ1) is 9.54. The molecule has 2 amide bonds. The van der Waals surface area contributed by atoms with Gasteiger partial charge in [0, 0.05) is 24.6 Å². The van der Waals surface area contributed by atoms with Gasteiger partial charge < -0.3 is 5.32 Å². The fraction of sp³-hybridized carbons (Fsp3) is 0.533. The monoisotopic (exact) mass is 275 g/mol. The van der Waals surface area contributed by atoms with Crippen molar-refractivity contribution < 1.29 is 9.59 Å². The molecule has 5 heteroatoms. The van der Waals surface area contributed by atoms with E-state index in [9.17, 15) is 9.59 Å². The van der Waals surface area contributed by atoms with Crippen LogP contribution in [0.3, 0.4) is 0 Å². The van der Waals surface area contributed by atoms with Gasteiger partial charge in [0.25, 0.3) is 0 Å². The maximum Gasteiger partial charge on any atom is 0.233 e. The summed E-state index contributed by atoms with van der Waals surface area (Å²) < 4.78 is 0. The molecule has 2 atom stereocenters. The standard InChI is InChI=1S/C15H21N3O2/c1-4-6-16-13-8-12(5-7-17-13)9-18-14(19)10(2)11(3)15(18)20/h5,7-8,10-11H,4,6,9H2,1-3H3,(H,16,17). The van der Waals surface area contributed by atoms with Crippen LogP contribution in [0.4, 0.5) is 5.82 Å². The lowest BCUT2D eigenvalue weighted by Gasteiger charge is -2.15. The van der Waals surface area contributed by atoms with Crippen molar-refractivity contribution >= 4 is 17.6 Å². The van der Waals surface area contributed by atoms with Crippen LogP contribution in [0, 0.1) is 11.8 Å². The fourth-order valence-corrected chi connectivity index (χ4v) is 2.29. The molecule has 108 valence electrons. The first-order valence-corrected chi connectivity index (χ1v) is 7.08. The highest BCUT2D eigenvalue weighted by Gasteiger charge is 2.41. The van der Waals surface area contributed by atoms with E-state index in [0.717, 1.165) is 24.3 Å². The molecule has 20 heavy (non-hydrogen) atoms. The quantitative estimate of drug-likeness (QED) is 0.835. The molecule has 0 aliphatic carbocycles. The Morgan fingerprint density at radius 2 is 1.90 bits per heavy atom. The van der Waals surface area contributed by atoms with Crippen LogP contribution in [0.25, 0.3) is 0 Å². The second kappa shape index (κ2) is 6.03. The molecule has 0 spiro atoms. The molecule has 0 aromatic carbocycles. The highest BCUT2D eigenvalue weighted by Crippen LogP contribution is 2.27. The van der Waals surface area contributed by atoms with Crippen molar-refractivity contribution in [1.82, 2.24) is 9.88 Å². The minimum Gasteiger partial charge on any atom is -0.370 e. The molecule has 1 aliphatic rings. The number of imide groups is 1. The number of likely N-dealkylation sites (tertiary alicyclic amines) is 1. The SMILES string of the molecule is CCCNc1cc(CN2C(=O)C(C)C(C)C2=O)ccn1. The van der Waals surface area contributed by atoms with Gasteiger partial charge in [0.05, 0.1) is 6.54 Å². The number of rotatable bonds is 5. The van der Waals surface area contributed by atoms with Gasteiger partial charge in [-0.25, -0.2) is 4.98 Å². The molecule has 5 nitrogen and oxygen atoms in total. The van der Waals surface area contributed by atoms with E-state index in [-0.39, 0.29) is 23.7 Å². The molecule has 1 N–H and O–H groups in total. The van der Waals surface area contributed by atoms with E-state index < -0.39 is 0 Å². The molecule has 2 unspecified atom stereocenters. The van der Waals surface area contributed by atoms with E-state index in [1.165, 1.54) is 4.90 Å². The van der Waals surface area contributed by atoms with Crippen LogP contribution in [0.15, 0.2) is 18.3 Å². The van der Waals surface area contributed by atoms with Crippen LogP contribution in [-0.2, 0) is 16.1 Å². The Morgan fingerprint density at radius 3 is 2.50 bits per heavy atom. The number of carbonyl (C=O) groups excluding carboxylic acids is 2. The predicted octanol–water partition coefficient (Wildman–Crippen LogP) is 2.04. The van der Waals surface area contributed by atoms with Crippen molar-refractivity contribution in [2.45, 2.75) is 33.7 Å².